The Morgan fingerprint density at radius 3 is 2.70 bits per heavy atom. The lowest BCUT2D eigenvalue weighted by Crippen LogP contribution is -2.13. The highest BCUT2D eigenvalue weighted by Crippen LogP contribution is 2.30. The van der Waals surface area contributed by atoms with Gasteiger partial charge in [0.1, 0.15) is 5.75 Å². The van der Waals surface area contributed by atoms with E-state index >= 15 is 0 Å². The Morgan fingerprint density at radius 1 is 1.35 bits per heavy atom. The minimum atomic E-state index is -0.823. The number of nitrogens with two attached hydrogens (primary N) is 1. The molecule has 0 aliphatic carbocycles. The normalized spacial score (nSPS) is 12.3. The van der Waals surface area contributed by atoms with Gasteiger partial charge < -0.3 is 15.6 Å². The van der Waals surface area contributed by atoms with Gasteiger partial charge in [-0.2, -0.15) is 0 Å². The first-order chi connectivity index (χ1) is 9.58. The lowest BCUT2D eigenvalue weighted by atomic mass is 9.89. The summed E-state index contributed by atoms with van der Waals surface area (Å²) in [6, 6.07) is 9.62. The molecule has 0 aliphatic heterocycles. The van der Waals surface area contributed by atoms with Crippen LogP contribution in [-0.4, -0.2) is 24.7 Å². The van der Waals surface area contributed by atoms with Crippen LogP contribution in [0.25, 0.3) is 10.8 Å². The van der Waals surface area contributed by atoms with Crippen LogP contribution in [0.1, 0.15) is 24.0 Å². The number of methoxy groups -OCH3 is 1. The molecule has 0 radical (unpaired) electrons. The predicted octanol–water partition coefficient (Wildman–Crippen LogP) is 2.54. The molecule has 2 rings (SSSR count). The van der Waals surface area contributed by atoms with Crippen molar-refractivity contribution in [3.05, 3.63) is 41.5 Å². The van der Waals surface area contributed by atoms with Crippen molar-refractivity contribution in [3.8, 4) is 5.75 Å². The minimum absolute atomic E-state index is 0.491. The Balaban J connectivity index is 2.65. The average Bonchev–Trinajstić information content (AvgIpc) is 2.46. The lowest BCUT2D eigenvalue weighted by molar-refractivity contribution is -0.138. The summed E-state index contributed by atoms with van der Waals surface area (Å²) in [5.41, 5.74) is 7.53. The van der Waals surface area contributed by atoms with E-state index in [-0.39, 0.29) is 0 Å². The Bertz CT molecular complexity index is 637. The smallest absolute Gasteiger partial charge is 0.310 e. The number of hydrogen-bond acceptors (Lipinski definition) is 3. The number of benzene rings is 2. The van der Waals surface area contributed by atoms with E-state index < -0.39 is 11.9 Å². The van der Waals surface area contributed by atoms with Gasteiger partial charge in [-0.15, -0.1) is 0 Å². The predicted molar refractivity (Wildman–Crippen MR) is 79.3 cm³/mol. The summed E-state index contributed by atoms with van der Waals surface area (Å²) in [6.45, 7) is 2.19. The van der Waals surface area contributed by atoms with Gasteiger partial charge in [0, 0.05) is 0 Å². The molecule has 3 N–H and O–H groups in total. The molecule has 0 saturated carbocycles. The monoisotopic (exact) mass is 273 g/mol. The molecule has 0 spiro atoms. The minimum Gasteiger partial charge on any atom is -0.497 e. The lowest BCUT2D eigenvalue weighted by Gasteiger charge is -2.16. The van der Waals surface area contributed by atoms with Crippen molar-refractivity contribution in [2.45, 2.75) is 19.3 Å². The first kappa shape index (κ1) is 14.3. The number of fused-ring (bicyclic) bond motifs is 1. The number of hydrogen-bond donors (Lipinski definition) is 2. The van der Waals surface area contributed by atoms with Crippen LogP contribution in [0, 0.1) is 0 Å². The molecule has 0 heterocycles. The zero-order valence-electron chi connectivity index (χ0n) is 11.7. The van der Waals surface area contributed by atoms with Gasteiger partial charge in [-0.3, -0.25) is 4.79 Å². The standard InChI is InChI=1S/C16H19NO3/c1-10(16(18)19)13-5-3-11-9-12(20-2)4-6-14(11)15(13)7-8-17/h3-6,9-10H,7-8,17H2,1-2H3,(H,18,19)/t10-/m0/s1. The molecule has 106 valence electrons. The van der Waals surface area contributed by atoms with E-state index in [4.69, 9.17) is 10.5 Å². The van der Waals surface area contributed by atoms with Crippen molar-refractivity contribution in [1.82, 2.24) is 0 Å². The van der Waals surface area contributed by atoms with E-state index in [9.17, 15) is 9.90 Å². The molecule has 20 heavy (non-hydrogen) atoms. The number of aliphatic carboxylic acids is 1. The number of carboxylic acids is 1. The highest BCUT2D eigenvalue weighted by molar-refractivity contribution is 5.90. The zero-order chi connectivity index (χ0) is 14.7. The van der Waals surface area contributed by atoms with Crippen molar-refractivity contribution in [2.24, 2.45) is 5.73 Å². The first-order valence-corrected chi connectivity index (χ1v) is 6.61. The second-order valence-electron chi connectivity index (χ2n) is 4.82. The molecule has 2 aromatic carbocycles. The molecule has 0 aliphatic rings. The Kier molecular flexibility index (Phi) is 4.25. The van der Waals surface area contributed by atoms with E-state index in [1.807, 2.05) is 30.3 Å². The maximum Gasteiger partial charge on any atom is 0.310 e. The molecular weight excluding hydrogens is 254 g/mol. The third-order valence-corrected chi connectivity index (χ3v) is 3.61. The molecular formula is C16H19NO3. The molecule has 1 atom stereocenters. The van der Waals surface area contributed by atoms with E-state index in [0.29, 0.717) is 13.0 Å². The fourth-order valence-corrected chi connectivity index (χ4v) is 2.48. The molecule has 2 aromatic rings. The Morgan fingerprint density at radius 2 is 2.10 bits per heavy atom. The highest BCUT2D eigenvalue weighted by Gasteiger charge is 2.18. The number of carbonyl (C=O) groups is 1. The molecule has 4 heteroatoms. The molecule has 0 unspecified atom stereocenters. The van der Waals surface area contributed by atoms with Crippen LogP contribution in [0.2, 0.25) is 0 Å². The van der Waals surface area contributed by atoms with E-state index in [1.165, 1.54) is 0 Å². The number of ether oxygens (including phenoxy) is 1. The van der Waals surface area contributed by atoms with Gasteiger partial charge in [0.2, 0.25) is 0 Å². The topological polar surface area (TPSA) is 72.5 Å². The molecule has 0 fully saturated rings. The summed E-state index contributed by atoms with van der Waals surface area (Å²) >= 11 is 0. The summed E-state index contributed by atoms with van der Waals surface area (Å²) in [5, 5.41) is 11.3. The second kappa shape index (κ2) is 5.92. The van der Waals surface area contributed by atoms with Crippen LogP contribution in [0.15, 0.2) is 30.3 Å². The van der Waals surface area contributed by atoms with Gasteiger partial charge in [-0.05, 0) is 53.9 Å². The molecule has 0 bridgehead atoms. The van der Waals surface area contributed by atoms with Crippen LogP contribution in [0.5, 0.6) is 5.75 Å². The molecule has 0 saturated heterocycles. The summed E-state index contributed by atoms with van der Waals surface area (Å²) in [7, 11) is 1.63. The second-order valence-corrected chi connectivity index (χ2v) is 4.82. The van der Waals surface area contributed by atoms with Crippen molar-refractivity contribution < 1.29 is 14.6 Å². The van der Waals surface area contributed by atoms with Gasteiger partial charge in [0.25, 0.3) is 0 Å². The highest BCUT2D eigenvalue weighted by atomic mass is 16.5. The van der Waals surface area contributed by atoms with Crippen LogP contribution in [0.4, 0.5) is 0 Å². The van der Waals surface area contributed by atoms with Crippen molar-refractivity contribution >= 4 is 16.7 Å². The molecule has 4 nitrogen and oxygen atoms in total. The Hall–Kier alpha value is -2.07. The zero-order valence-corrected chi connectivity index (χ0v) is 11.7. The van der Waals surface area contributed by atoms with Gasteiger partial charge >= 0.3 is 5.97 Å². The third-order valence-electron chi connectivity index (χ3n) is 3.61. The van der Waals surface area contributed by atoms with Crippen molar-refractivity contribution in [1.29, 1.82) is 0 Å². The van der Waals surface area contributed by atoms with E-state index in [2.05, 4.69) is 0 Å². The summed E-state index contributed by atoms with van der Waals surface area (Å²) in [5.74, 6) is -0.575. The van der Waals surface area contributed by atoms with Gasteiger partial charge in [-0.1, -0.05) is 18.2 Å². The van der Waals surface area contributed by atoms with Crippen molar-refractivity contribution in [3.63, 3.8) is 0 Å². The van der Waals surface area contributed by atoms with Crippen molar-refractivity contribution in [2.75, 3.05) is 13.7 Å². The fraction of sp³-hybridized carbons (Fsp3) is 0.312. The fourth-order valence-electron chi connectivity index (χ4n) is 2.48. The van der Waals surface area contributed by atoms with E-state index in [0.717, 1.165) is 27.6 Å². The quantitative estimate of drug-likeness (QED) is 0.878. The molecule has 0 amide bonds. The third kappa shape index (κ3) is 2.60. The van der Waals surface area contributed by atoms with Crippen LogP contribution < -0.4 is 10.5 Å². The summed E-state index contributed by atoms with van der Waals surface area (Å²) < 4.78 is 5.22. The molecule has 0 aromatic heterocycles. The Labute approximate surface area is 118 Å². The number of rotatable bonds is 5. The summed E-state index contributed by atoms with van der Waals surface area (Å²) in [4.78, 5) is 11.2. The first-order valence-electron chi connectivity index (χ1n) is 6.61. The van der Waals surface area contributed by atoms with Crippen LogP contribution in [-0.2, 0) is 11.2 Å². The van der Waals surface area contributed by atoms with E-state index in [1.54, 1.807) is 14.0 Å². The number of carboxylic acid groups (broad SMARTS) is 1. The maximum absolute atomic E-state index is 11.2. The van der Waals surface area contributed by atoms with Gasteiger partial charge in [0.15, 0.2) is 0 Å². The SMILES string of the molecule is COc1ccc2c(CCN)c([C@H](C)C(=O)O)ccc2c1. The van der Waals surface area contributed by atoms with Crippen LogP contribution >= 0.6 is 0 Å². The van der Waals surface area contributed by atoms with Gasteiger partial charge in [-0.25, -0.2) is 0 Å². The summed E-state index contributed by atoms with van der Waals surface area (Å²) in [6.07, 6.45) is 0.663. The largest absolute Gasteiger partial charge is 0.497 e. The average molecular weight is 273 g/mol. The van der Waals surface area contributed by atoms with Gasteiger partial charge in [0.05, 0.1) is 13.0 Å². The van der Waals surface area contributed by atoms with Crippen LogP contribution in [0.3, 0.4) is 0 Å². The maximum atomic E-state index is 11.2.